The molecule has 132 valence electrons. The van der Waals surface area contributed by atoms with Gasteiger partial charge in [0.05, 0.1) is 0 Å². The number of rotatable bonds is 5. The minimum absolute atomic E-state index is 0.200. The summed E-state index contributed by atoms with van der Waals surface area (Å²) in [5, 5.41) is 6.13. The van der Waals surface area contributed by atoms with Crippen molar-refractivity contribution >= 4 is 17.3 Å². The van der Waals surface area contributed by atoms with E-state index in [1.54, 1.807) is 12.1 Å². The number of nitrogens with one attached hydrogen (secondary N) is 2. The fourth-order valence-electron chi connectivity index (χ4n) is 2.77. The molecule has 26 heavy (non-hydrogen) atoms. The van der Waals surface area contributed by atoms with E-state index in [0.717, 1.165) is 22.4 Å². The summed E-state index contributed by atoms with van der Waals surface area (Å²) in [6.45, 7) is 3.93. The van der Waals surface area contributed by atoms with Crippen LogP contribution in [0.25, 0.3) is 0 Å². The Hall–Kier alpha value is -3.14. The van der Waals surface area contributed by atoms with Crippen molar-refractivity contribution in [3.63, 3.8) is 0 Å². The molecule has 3 aromatic carbocycles. The Bertz CT molecular complexity index is 909. The Morgan fingerprint density at radius 1 is 0.923 bits per heavy atom. The third kappa shape index (κ3) is 4.28. The minimum Gasteiger partial charge on any atom is -0.370 e. The Balaban J connectivity index is 1.90. The van der Waals surface area contributed by atoms with Crippen LogP contribution >= 0.6 is 0 Å². The third-order valence-electron chi connectivity index (χ3n) is 4.18. The highest BCUT2D eigenvalue weighted by Gasteiger charge is 2.21. The van der Waals surface area contributed by atoms with Gasteiger partial charge in [0.15, 0.2) is 0 Å². The number of aryl methyl sites for hydroxylation is 2. The van der Waals surface area contributed by atoms with E-state index in [9.17, 15) is 9.18 Å². The van der Waals surface area contributed by atoms with Gasteiger partial charge < -0.3 is 10.6 Å². The summed E-state index contributed by atoms with van der Waals surface area (Å²) >= 11 is 0. The van der Waals surface area contributed by atoms with Gasteiger partial charge in [-0.15, -0.1) is 0 Å². The lowest BCUT2D eigenvalue weighted by atomic mass is 10.0. The third-order valence-corrected chi connectivity index (χ3v) is 4.18. The predicted octanol–water partition coefficient (Wildman–Crippen LogP) is 5.23. The van der Waals surface area contributed by atoms with Crippen LogP contribution in [0.15, 0.2) is 72.8 Å². The number of carbonyl (C=O) groups is 1. The summed E-state index contributed by atoms with van der Waals surface area (Å²) in [6.07, 6.45) is 0. The molecule has 0 heterocycles. The van der Waals surface area contributed by atoms with E-state index in [1.165, 1.54) is 12.1 Å². The number of halogens is 1. The van der Waals surface area contributed by atoms with Gasteiger partial charge >= 0.3 is 0 Å². The lowest BCUT2D eigenvalue weighted by molar-refractivity contribution is -0.117. The number of hydrogen-bond donors (Lipinski definition) is 2. The van der Waals surface area contributed by atoms with Gasteiger partial charge in [-0.1, -0.05) is 48.5 Å². The highest BCUT2D eigenvalue weighted by atomic mass is 19.1. The molecule has 0 bridgehead atoms. The minimum atomic E-state index is -0.641. The average molecular weight is 348 g/mol. The summed E-state index contributed by atoms with van der Waals surface area (Å²) in [5.41, 5.74) is 4.19. The normalized spacial score (nSPS) is 11.7. The average Bonchev–Trinajstić information content (AvgIpc) is 2.63. The van der Waals surface area contributed by atoms with Crippen LogP contribution in [0.5, 0.6) is 0 Å². The Morgan fingerprint density at radius 2 is 1.69 bits per heavy atom. The van der Waals surface area contributed by atoms with Crippen LogP contribution in [0, 0.1) is 19.7 Å². The van der Waals surface area contributed by atoms with Gasteiger partial charge in [-0.3, -0.25) is 4.79 Å². The van der Waals surface area contributed by atoms with Crippen molar-refractivity contribution in [3.8, 4) is 0 Å². The Labute approximate surface area is 152 Å². The van der Waals surface area contributed by atoms with Gasteiger partial charge in [0, 0.05) is 11.4 Å². The molecule has 0 saturated heterocycles. The van der Waals surface area contributed by atoms with Crippen LogP contribution < -0.4 is 10.6 Å². The second-order valence-electron chi connectivity index (χ2n) is 6.31. The summed E-state index contributed by atoms with van der Waals surface area (Å²) in [7, 11) is 0. The molecule has 1 atom stereocenters. The van der Waals surface area contributed by atoms with Crippen molar-refractivity contribution in [2.24, 2.45) is 0 Å². The van der Waals surface area contributed by atoms with Crippen LogP contribution in [-0.4, -0.2) is 5.91 Å². The molecule has 0 aliphatic carbocycles. The zero-order valence-corrected chi connectivity index (χ0v) is 14.8. The van der Waals surface area contributed by atoms with Gasteiger partial charge in [0.25, 0.3) is 5.91 Å². The van der Waals surface area contributed by atoms with Crippen molar-refractivity contribution in [2.75, 3.05) is 10.6 Å². The maximum Gasteiger partial charge on any atom is 0.251 e. The van der Waals surface area contributed by atoms with Crippen molar-refractivity contribution in [1.82, 2.24) is 0 Å². The van der Waals surface area contributed by atoms with E-state index in [4.69, 9.17) is 0 Å². The van der Waals surface area contributed by atoms with Crippen molar-refractivity contribution in [1.29, 1.82) is 0 Å². The second kappa shape index (κ2) is 7.83. The van der Waals surface area contributed by atoms with Crippen LogP contribution in [0.4, 0.5) is 15.8 Å². The molecule has 3 nitrogen and oxygen atoms in total. The Kier molecular flexibility index (Phi) is 5.32. The standard InChI is InChI=1S/C22H21FN2O/c1-15-11-12-16(2)20(13-15)25-22(26)21(17-7-4-3-5-8-17)24-19-10-6-9-18(23)14-19/h3-14,21,24H,1-2H3,(H,25,26). The first kappa shape index (κ1) is 17.7. The molecule has 0 radical (unpaired) electrons. The van der Waals surface area contributed by atoms with E-state index in [1.807, 2.05) is 62.4 Å². The molecule has 2 N–H and O–H groups in total. The maximum atomic E-state index is 13.5. The lowest BCUT2D eigenvalue weighted by Gasteiger charge is -2.21. The zero-order chi connectivity index (χ0) is 18.5. The molecule has 0 aliphatic heterocycles. The predicted molar refractivity (Wildman–Crippen MR) is 104 cm³/mol. The van der Waals surface area contributed by atoms with Gasteiger partial charge in [0.1, 0.15) is 11.9 Å². The van der Waals surface area contributed by atoms with Crippen LogP contribution in [0.3, 0.4) is 0 Å². The Morgan fingerprint density at radius 3 is 2.42 bits per heavy atom. The number of benzene rings is 3. The smallest absolute Gasteiger partial charge is 0.251 e. The van der Waals surface area contributed by atoms with E-state index < -0.39 is 6.04 Å². The van der Waals surface area contributed by atoms with Crippen LogP contribution in [-0.2, 0) is 4.79 Å². The number of anilines is 2. The molecule has 0 saturated carbocycles. The van der Waals surface area contributed by atoms with E-state index in [-0.39, 0.29) is 11.7 Å². The molecule has 0 aromatic heterocycles. The molecule has 4 heteroatoms. The van der Waals surface area contributed by atoms with Gasteiger partial charge in [0.2, 0.25) is 0 Å². The summed E-state index contributed by atoms with van der Waals surface area (Å²) in [6, 6.07) is 20.8. The topological polar surface area (TPSA) is 41.1 Å². The van der Waals surface area contributed by atoms with Gasteiger partial charge in [-0.05, 0) is 54.8 Å². The molecule has 3 aromatic rings. The van der Waals surface area contributed by atoms with Crippen molar-refractivity contribution in [3.05, 3.63) is 95.3 Å². The first-order valence-corrected chi connectivity index (χ1v) is 8.48. The lowest BCUT2D eigenvalue weighted by Crippen LogP contribution is -2.27. The largest absolute Gasteiger partial charge is 0.370 e. The van der Waals surface area contributed by atoms with E-state index >= 15 is 0 Å². The van der Waals surface area contributed by atoms with Crippen molar-refractivity contribution < 1.29 is 9.18 Å². The number of carbonyl (C=O) groups excluding carboxylic acids is 1. The fourth-order valence-corrected chi connectivity index (χ4v) is 2.77. The first-order valence-electron chi connectivity index (χ1n) is 8.48. The SMILES string of the molecule is Cc1ccc(C)c(NC(=O)C(Nc2cccc(F)c2)c2ccccc2)c1. The molecular formula is C22H21FN2O. The highest BCUT2D eigenvalue weighted by Crippen LogP contribution is 2.24. The first-order chi connectivity index (χ1) is 12.5. The van der Waals surface area contributed by atoms with Gasteiger partial charge in [-0.25, -0.2) is 4.39 Å². The molecule has 1 amide bonds. The molecule has 0 aliphatic rings. The van der Waals surface area contributed by atoms with E-state index in [2.05, 4.69) is 10.6 Å². The number of amides is 1. The summed E-state index contributed by atoms with van der Waals surface area (Å²) in [5.74, 6) is -0.550. The molecule has 0 fully saturated rings. The monoisotopic (exact) mass is 348 g/mol. The highest BCUT2D eigenvalue weighted by molar-refractivity contribution is 5.97. The number of hydrogen-bond acceptors (Lipinski definition) is 2. The van der Waals surface area contributed by atoms with Crippen LogP contribution in [0.2, 0.25) is 0 Å². The van der Waals surface area contributed by atoms with E-state index in [0.29, 0.717) is 5.69 Å². The molecule has 1 unspecified atom stereocenters. The fraction of sp³-hybridized carbons (Fsp3) is 0.136. The van der Waals surface area contributed by atoms with Crippen molar-refractivity contribution in [2.45, 2.75) is 19.9 Å². The second-order valence-corrected chi connectivity index (χ2v) is 6.31. The van der Waals surface area contributed by atoms with Gasteiger partial charge in [-0.2, -0.15) is 0 Å². The summed E-state index contributed by atoms with van der Waals surface area (Å²) < 4.78 is 13.5. The quantitative estimate of drug-likeness (QED) is 0.662. The molecule has 0 spiro atoms. The zero-order valence-electron chi connectivity index (χ0n) is 14.8. The molecular weight excluding hydrogens is 327 g/mol. The molecule has 3 rings (SSSR count). The van der Waals surface area contributed by atoms with Crippen LogP contribution in [0.1, 0.15) is 22.7 Å². The summed E-state index contributed by atoms with van der Waals surface area (Å²) in [4.78, 5) is 13.0. The maximum absolute atomic E-state index is 13.5.